The second-order valence-electron chi connectivity index (χ2n) is 5.21. The zero-order valence-corrected chi connectivity index (χ0v) is 15.6. The number of nitrogens with one attached hydrogen (secondary N) is 3. The molecule has 3 N–H and O–H groups in total. The van der Waals surface area contributed by atoms with Crippen LogP contribution in [0.5, 0.6) is 0 Å². The average molecular weight is 392 g/mol. The van der Waals surface area contributed by atoms with E-state index in [0.717, 1.165) is 0 Å². The van der Waals surface area contributed by atoms with E-state index in [1.807, 2.05) is 0 Å². The van der Waals surface area contributed by atoms with Gasteiger partial charge < -0.3 is 15.4 Å². The second-order valence-corrected chi connectivity index (χ2v) is 6.03. The Labute approximate surface area is 161 Å². The first-order valence-corrected chi connectivity index (χ1v) is 8.54. The summed E-state index contributed by atoms with van der Waals surface area (Å²) in [7, 11) is 1.57. The molecule has 2 aromatic carbocycles. The maximum Gasteiger partial charge on any atom is 0.258 e. The maximum absolute atomic E-state index is 12.1. The summed E-state index contributed by atoms with van der Waals surface area (Å²) in [4.78, 5) is 24.1. The van der Waals surface area contributed by atoms with Gasteiger partial charge in [-0.1, -0.05) is 23.7 Å². The van der Waals surface area contributed by atoms with Gasteiger partial charge >= 0.3 is 0 Å². The van der Waals surface area contributed by atoms with Gasteiger partial charge in [-0.3, -0.25) is 14.9 Å². The molecule has 0 saturated heterocycles. The number of hydrogen-bond acceptors (Lipinski definition) is 4. The Morgan fingerprint density at radius 3 is 2.42 bits per heavy atom. The van der Waals surface area contributed by atoms with Crippen LogP contribution in [0.25, 0.3) is 0 Å². The highest BCUT2D eigenvalue weighted by molar-refractivity contribution is 7.80. The van der Waals surface area contributed by atoms with Crippen molar-refractivity contribution in [2.75, 3.05) is 25.6 Å². The summed E-state index contributed by atoms with van der Waals surface area (Å²) in [5.74, 6) is -0.592. The smallest absolute Gasteiger partial charge is 0.258 e. The Kier molecular flexibility index (Phi) is 7.53. The molecule has 0 bridgehead atoms. The van der Waals surface area contributed by atoms with E-state index >= 15 is 0 Å². The van der Waals surface area contributed by atoms with Crippen molar-refractivity contribution in [1.29, 1.82) is 0 Å². The molecule has 26 heavy (non-hydrogen) atoms. The number of hydrogen-bond donors (Lipinski definition) is 3. The third-order valence-corrected chi connectivity index (χ3v) is 3.88. The number of anilines is 1. The molecule has 136 valence electrons. The number of ether oxygens (including phenoxy) is 1. The predicted molar refractivity (Wildman–Crippen MR) is 106 cm³/mol. The van der Waals surface area contributed by atoms with Crippen LogP contribution in [0, 0.1) is 0 Å². The van der Waals surface area contributed by atoms with Crippen LogP contribution in [0.3, 0.4) is 0 Å². The average Bonchev–Trinajstić information content (AvgIpc) is 2.62. The lowest BCUT2D eigenvalue weighted by molar-refractivity contribution is 0.0935. The van der Waals surface area contributed by atoms with E-state index in [2.05, 4.69) is 16.0 Å². The van der Waals surface area contributed by atoms with Gasteiger partial charge in [0.1, 0.15) is 0 Å². The number of carbonyl (C=O) groups is 2. The summed E-state index contributed by atoms with van der Waals surface area (Å²) in [6.45, 7) is 0.887. The standard InChI is InChI=1S/C18H18ClN3O3S/c1-25-11-10-20-16(23)12-6-8-13(9-7-12)21-18(26)22-17(24)14-4-2-3-5-15(14)19/h2-9H,10-11H2,1H3,(H,20,23)(H2,21,22,24,26). The maximum atomic E-state index is 12.1. The minimum Gasteiger partial charge on any atom is -0.383 e. The third kappa shape index (κ3) is 5.80. The van der Waals surface area contributed by atoms with Gasteiger partial charge in [0.05, 0.1) is 17.2 Å². The van der Waals surface area contributed by atoms with Crippen molar-refractivity contribution in [2.24, 2.45) is 0 Å². The highest BCUT2D eigenvalue weighted by Crippen LogP contribution is 2.15. The second kappa shape index (κ2) is 9.86. The van der Waals surface area contributed by atoms with Crippen LogP contribution in [-0.2, 0) is 4.74 Å². The molecule has 0 saturated carbocycles. The van der Waals surface area contributed by atoms with E-state index in [1.54, 1.807) is 55.6 Å². The number of thiocarbonyl (C=S) groups is 1. The Morgan fingerprint density at radius 2 is 1.77 bits per heavy atom. The van der Waals surface area contributed by atoms with Crippen molar-refractivity contribution in [3.05, 3.63) is 64.7 Å². The highest BCUT2D eigenvalue weighted by atomic mass is 35.5. The molecule has 8 heteroatoms. The van der Waals surface area contributed by atoms with Crippen molar-refractivity contribution in [2.45, 2.75) is 0 Å². The van der Waals surface area contributed by atoms with E-state index in [-0.39, 0.29) is 11.0 Å². The fourth-order valence-electron chi connectivity index (χ4n) is 2.05. The van der Waals surface area contributed by atoms with E-state index in [9.17, 15) is 9.59 Å². The largest absolute Gasteiger partial charge is 0.383 e. The topological polar surface area (TPSA) is 79.5 Å². The van der Waals surface area contributed by atoms with Gasteiger partial charge in [0, 0.05) is 24.9 Å². The molecule has 2 aromatic rings. The van der Waals surface area contributed by atoms with Crippen LogP contribution in [0.1, 0.15) is 20.7 Å². The van der Waals surface area contributed by atoms with E-state index in [1.165, 1.54) is 0 Å². The van der Waals surface area contributed by atoms with E-state index in [4.69, 9.17) is 28.6 Å². The highest BCUT2D eigenvalue weighted by Gasteiger charge is 2.11. The summed E-state index contributed by atoms with van der Waals surface area (Å²) >= 11 is 11.1. The quantitative estimate of drug-likeness (QED) is 0.521. The normalized spacial score (nSPS) is 10.1. The van der Waals surface area contributed by atoms with Crippen molar-refractivity contribution in [1.82, 2.24) is 10.6 Å². The third-order valence-electron chi connectivity index (χ3n) is 3.34. The molecule has 6 nitrogen and oxygen atoms in total. The molecule has 0 unspecified atom stereocenters. The summed E-state index contributed by atoms with van der Waals surface area (Å²) < 4.78 is 4.88. The molecular weight excluding hydrogens is 374 g/mol. The minimum absolute atomic E-state index is 0.132. The molecule has 0 aromatic heterocycles. The molecule has 0 aliphatic rings. The number of rotatable bonds is 6. The van der Waals surface area contributed by atoms with Crippen LogP contribution in [0.15, 0.2) is 48.5 Å². The van der Waals surface area contributed by atoms with Crippen LogP contribution in [0.4, 0.5) is 5.69 Å². The van der Waals surface area contributed by atoms with Crippen molar-refractivity contribution < 1.29 is 14.3 Å². The number of amides is 2. The molecule has 2 amide bonds. The molecule has 0 heterocycles. The van der Waals surface area contributed by atoms with Crippen LogP contribution < -0.4 is 16.0 Å². The first kappa shape index (κ1) is 19.8. The van der Waals surface area contributed by atoms with Gasteiger partial charge in [-0.05, 0) is 48.6 Å². The van der Waals surface area contributed by atoms with Crippen LogP contribution in [0.2, 0.25) is 5.02 Å². The monoisotopic (exact) mass is 391 g/mol. The van der Waals surface area contributed by atoms with E-state index in [0.29, 0.717) is 35.0 Å². The Morgan fingerprint density at radius 1 is 1.08 bits per heavy atom. The first-order chi connectivity index (χ1) is 12.5. The zero-order valence-electron chi connectivity index (χ0n) is 14.0. The van der Waals surface area contributed by atoms with Gasteiger partial charge in [-0.25, -0.2) is 0 Å². The molecule has 0 aliphatic carbocycles. The number of benzene rings is 2. The molecule has 0 radical (unpaired) electrons. The lowest BCUT2D eigenvalue weighted by Gasteiger charge is -2.11. The summed E-state index contributed by atoms with van der Waals surface area (Å²) in [5, 5.41) is 8.65. The van der Waals surface area contributed by atoms with Gasteiger partial charge in [0.15, 0.2) is 5.11 Å². The first-order valence-electron chi connectivity index (χ1n) is 7.75. The fourth-order valence-corrected chi connectivity index (χ4v) is 2.48. The Hall–Kier alpha value is -2.48. The summed E-state index contributed by atoms with van der Waals surface area (Å²) in [6.07, 6.45) is 0. The van der Waals surface area contributed by atoms with Crippen molar-refractivity contribution >= 4 is 46.4 Å². The SMILES string of the molecule is COCCNC(=O)c1ccc(NC(=S)NC(=O)c2ccccc2Cl)cc1. The van der Waals surface area contributed by atoms with Gasteiger partial charge in [-0.2, -0.15) is 0 Å². The molecular formula is C18H18ClN3O3S. The van der Waals surface area contributed by atoms with Crippen LogP contribution >= 0.6 is 23.8 Å². The molecule has 0 spiro atoms. The molecule has 0 fully saturated rings. The zero-order chi connectivity index (χ0) is 18.9. The minimum atomic E-state index is -0.401. The predicted octanol–water partition coefficient (Wildman–Crippen LogP) is 2.84. The molecule has 0 atom stereocenters. The molecule has 2 rings (SSSR count). The molecule has 0 aliphatic heterocycles. The number of methoxy groups -OCH3 is 1. The van der Waals surface area contributed by atoms with Crippen molar-refractivity contribution in [3.63, 3.8) is 0 Å². The Balaban J connectivity index is 1.90. The lowest BCUT2D eigenvalue weighted by atomic mass is 10.2. The van der Waals surface area contributed by atoms with Gasteiger partial charge in [0.25, 0.3) is 11.8 Å². The van der Waals surface area contributed by atoms with Gasteiger partial charge in [-0.15, -0.1) is 0 Å². The number of carbonyl (C=O) groups excluding carboxylic acids is 2. The van der Waals surface area contributed by atoms with Crippen LogP contribution in [-0.4, -0.2) is 37.2 Å². The summed E-state index contributed by atoms with van der Waals surface area (Å²) in [5.41, 5.74) is 1.49. The fraction of sp³-hybridized carbons (Fsp3) is 0.167. The number of halogens is 1. The Bertz CT molecular complexity index is 797. The van der Waals surface area contributed by atoms with E-state index < -0.39 is 5.91 Å². The van der Waals surface area contributed by atoms with Crippen molar-refractivity contribution in [3.8, 4) is 0 Å². The lowest BCUT2D eigenvalue weighted by Crippen LogP contribution is -2.34. The summed E-state index contributed by atoms with van der Waals surface area (Å²) in [6, 6.07) is 13.4. The van der Waals surface area contributed by atoms with Gasteiger partial charge in [0.2, 0.25) is 0 Å².